The molecule has 5 rings (SSSR count). The van der Waals surface area contributed by atoms with E-state index in [2.05, 4.69) is 0 Å². The minimum atomic E-state index is -0.208. The van der Waals surface area contributed by atoms with Gasteiger partial charge in [-0.15, -0.1) is 0 Å². The van der Waals surface area contributed by atoms with Crippen molar-refractivity contribution in [1.82, 2.24) is 9.13 Å². The molecule has 36 heavy (non-hydrogen) atoms. The largest absolute Gasteiger partial charge is 0.298 e. The van der Waals surface area contributed by atoms with Gasteiger partial charge in [0.15, 0.2) is 0 Å². The number of hydrogen-bond acceptors (Lipinski definition) is 2. The van der Waals surface area contributed by atoms with Gasteiger partial charge in [0.25, 0.3) is 11.1 Å². The Labute approximate surface area is 209 Å². The Morgan fingerprint density at radius 1 is 0.444 bits per heavy atom. The number of aromatic nitrogens is 2. The third-order valence-corrected chi connectivity index (χ3v) is 6.08. The summed E-state index contributed by atoms with van der Waals surface area (Å²) in [5.41, 5.74) is 3.21. The van der Waals surface area contributed by atoms with Gasteiger partial charge in [0.05, 0.1) is 13.1 Å². The van der Waals surface area contributed by atoms with Crippen LogP contribution in [0.25, 0.3) is 12.2 Å². The van der Waals surface area contributed by atoms with Crippen molar-refractivity contribution in [3.63, 3.8) is 0 Å². The SMILES string of the molecule is O=c1/c(=C/c2ccccc2)n(Cc2ccccc2)c(=O)/c(=C/c2ccccc2)n1Cc1ccccc1. The first-order valence-corrected chi connectivity index (χ1v) is 11.9. The van der Waals surface area contributed by atoms with Crippen LogP contribution >= 0.6 is 0 Å². The van der Waals surface area contributed by atoms with Crippen molar-refractivity contribution in [3.05, 3.63) is 175 Å². The van der Waals surface area contributed by atoms with E-state index < -0.39 is 0 Å². The topological polar surface area (TPSA) is 44.0 Å². The van der Waals surface area contributed by atoms with Crippen LogP contribution in [0, 0.1) is 0 Å². The minimum absolute atomic E-state index is 0.208. The molecule has 4 nitrogen and oxygen atoms in total. The highest BCUT2D eigenvalue weighted by Gasteiger charge is 2.12. The fraction of sp³-hybridized carbons (Fsp3) is 0.0625. The molecule has 0 bridgehead atoms. The third-order valence-electron chi connectivity index (χ3n) is 6.08. The molecule has 176 valence electrons. The van der Waals surface area contributed by atoms with Crippen LogP contribution in [-0.4, -0.2) is 9.13 Å². The highest BCUT2D eigenvalue weighted by atomic mass is 16.1. The lowest BCUT2D eigenvalue weighted by molar-refractivity contribution is 0.627. The van der Waals surface area contributed by atoms with Gasteiger partial charge < -0.3 is 0 Å². The monoisotopic (exact) mass is 470 g/mol. The van der Waals surface area contributed by atoms with Crippen molar-refractivity contribution < 1.29 is 0 Å². The van der Waals surface area contributed by atoms with Gasteiger partial charge in [-0.05, 0) is 34.4 Å². The van der Waals surface area contributed by atoms with Crippen LogP contribution in [-0.2, 0) is 13.1 Å². The lowest BCUT2D eigenvalue weighted by atomic mass is 10.1. The summed E-state index contributed by atoms with van der Waals surface area (Å²) in [6, 6.07) is 38.8. The second kappa shape index (κ2) is 10.7. The van der Waals surface area contributed by atoms with Gasteiger partial charge >= 0.3 is 0 Å². The molecule has 0 aliphatic carbocycles. The molecule has 0 aliphatic rings. The molecule has 4 aromatic carbocycles. The molecule has 0 unspecified atom stereocenters. The summed E-state index contributed by atoms with van der Waals surface area (Å²) in [4.78, 5) is 28.2. The quantitative estimate of drug-likeness (QED) is 0.379. The van der Waals surface area contributed by atoms with Crippen LogP contribution in [0.3, 0.4) is 0 Å². The molecule has 4 heteroatoms. The summed E-state index contributed by atoms with van der Waals surface area (Å²) >= 11 is 0. The smallest absolute Gasteiger partial charge is 0.275 e. The number of nitrogens with zero attached hydrogens (tertiary/aromatic N) is 2. The normalized spacial score (nSPS) is 12.1. The second-order valence-electron chi connectivity index (χ2n) is 8.63. The van der Waals surface area contributed by atoms with E-state index in [0.29, 0.717) is 23.8 Å². The fourth-order valence-electron chi connectivity index (χ4n) is 4.27. The van der Waals surface area contributed by atoms with Crippen LogP contribution in [0.2, 0.25) is 0 Å². The molecule has 1 heterocycles. The first kappa shape index (κ1) is 23.1. The Hall–Kier alpha value is -4.70. The van der Waals surface area contributed by atoms with Gasteiger partial charge in [-0.3, -0.25) is 18.7 Å². The van der Waals surface area contributed by atoms with E-state index in [1.165, 1.54) is 0 Å². The molecule has 0 N–H and O–H groups in total. The standard InChI is InChI=1S/C32H26N2O2/c35-31-29(21-25-13-5-1-6-14-25)33(23-27-17-9-3-10-18-27)32(36)30(22-26-15-7-2-8-16-26)34(31)24-28-19-11-4-12-20-28/h1-22H,23-24H2/b29-21-,30-22-. The van der Waals surface area contributed by atoms with E-state index in [9.17, 15) is 9.59 Å². The van der Waals surface area contributed by atoms with Crippen molar-refractivity contribution in [2.24, 2.45) is 0 Å². The van der Waals surface area contributed by atoms with Gasteiger partial charge in [-0.2, -0.15) is 0 Å². The highest BCUT2D eigenvalue weighted by Crippen LogP contribution is 2.03. The molecule has 0 spiro atoms. The third kappa shape index (κ3) is 5.18. The van der Waals surface area contributed by atoms with E-state index in [1.54, 1.807) is 21.3 Å². The lowest BCUT2D eigenvalue weighted by Gasteiger charge is -2.13. The maximum absolute atomic E-state index is 14.1. The lowest BCUT2D eigenvalue weighted by Crippen LogP contribution is -2.58. The van der Waals surface area contributed by atoms with Crippen LogP contribution in [0.4, 0.5) is 0 Å². The molecule has 0 radical (unpaired) electrons. The van der Waals surface area contributed by atoms with Gasteiger partial charge in [0, 0.05) is 0 Å². The Morgan fingerprint density at radius 3 is 1.08 bits per heavy atom. The molecule has 0 aliphatic heterocycles. The summed E-state index contributed by atoms with van der Waals surface area (Å²) < 4.78 is 3.20. The average molecular weight is 471 g/mol. The van der Waals surface area contributed by atoms with E-state index in [0.717, 1.165) is 22.3 Å². The van der Waals surface area contributed by atoms with E-state index >= 15 is 0 Å². The highest BCUT2D eigenvalue weighted by molar-refractivity contribution is 5.49. The van der Waals surface area contributed by atoms with Gasteiger partial charge in [0.1, 0.15) is 10.7 Å². The van der Waals surface area contributed by atoms with Crippen LogP contribution in [0.5, 0.6) is 0 Å². The maximum Gasteiger partial charge on any atom is 0.275 e. The second-order valence-corrected chi connectivity index (χ2v) is 8.63. The Bertz CT molecular complexity index is 1560. The Balaban J connectivity index is 1.84. The number of rotatable bonds is 6. The van der Waals surface area contributed by atoms with Crippen LogP contribution in [0.15, 0.2) is 131 Å². The summed E-state index contributed by atoms with van der Waals surface area (Å²) in [5, 5.41) is 0.715. The van der Waals surface area contributed by atoms with Gasteiger partial charge in [-0.1, -0.05) is 121 Å². The fourth-order valence-corrected chi connectivity index (χ4v) is 4.27. The molecule has 1 aromatic heterocycles. The first-order chi connectivity index (χ1) is 17.7. The van der Waals surface area contributed by atoms with Crippen molar-refractivity contribution in [2.45, 2.75) is 13.1 Å². The number of benzene rings is 4. The Kier molecular flexibility index (Phi) is 6.86. The summed E-state index contributed by atoms with van der Waals surface area (Å²) in [6.07, 6.45) is 3.61. The van der Waals surface area contributed by atoms with E-state index in [1.807, 2.05) is 121 Å². The molecular formula is C32H26N2O2. The average Bonchev–Trinajstić information content (AvgIpc) is 2.93. The van der Waals surface area contributed by atoms with E-state index in [4.69, 9.17) is 0 Å². The molecule has 0 fully saturated rings. The predicted molar refractivity (Wildman–Crippen MR) is 145 cm³/mol. The van der Waals surface area contributed by atoms with Crippen LogP contribution in [0.1, 0.15) is 22.3 Å². The zero-order chi connectivity index (χ0) is 24.7. The maximum atomic E-state index is 14.1. The zero-order valence-corrected chi connectivity index (χ0v) is 19.8. The number of hydrogen-bond donors (Lipinski definition) is 0. The van der Waals surface area contributed by atoms with E-state index in [-0.39, 0.29) is 11.1 Å². The summed E-state index contributed by atoms with van der Waals surface area (Å²) in [6.45, 7) is 0.602. The van der Waals surface area contributed by atoms with Crippen molar-refractivity contribution >= 4 is 12.2 Å². The summed E-state index contributed by atoms with van der Waals surface area (Å²) in [7, 11) is 0. The Morgan fingerprint density at radius 2 is 0.750 bits per heavy atom. The molecular weight excluding hydrogens is 444 g/mol. The molecule has 0 atom stereocenters. The zero-order valence-electron chi connectivity index (χ0n) is 19.8. The van der Waals surface area contributed by atoms with Gasteiger partial charge in [0.2, 0.25) is 0 Å². The first-order valence-electron chi connectivity index (χ1n) is 11.9. The van der Waals surface area contributed by atoms with Crippen molar-refractivity contribution in [1.29, 1.82) is 0 Å². The molecule has 0 saturated heterocycles. The van der Waals surface area contributed by atoms with Crippen LogP contribution < -0.4 is 21.8 Å². The molecule has 0 amide bonds. The predicted octanol–water partition coefficient (Wildman–Crippen LogP) is 3.76. The van der Waals surface area contributed by atoms with Crippen molar-refractivity contribution in [2.75, 3.05) is 0 Å². The molecule has 5 aromatic rings. The van der Waals surface area contributed by atoms with Gasteiger partial charge in [-0.25, -0.2) is 0 Å². The van der Waals surface area contributed by atoms with Crippen molar-refractivity contribution in [3.8, 4) is 0 Å². The molecule has 0 saturated carbocycles. The minimum Gasteiger partial charge on any atom is -0.298 e. The summed E-state index contributed by atoms with van der Waals surface area (Å²) in [5.74, 6) is 0.